The minimum absolute atomic E-state index is 0.0127. The van der Waals surface area contributed by atoms with E-state index in [9.17, 15) is 19.1 Å². The second-order valence-electron chi connectivity index (χ2n) is 4.95. The zero-order chi connectivity index (χ0) is 15.9. The molecule has 0 saturated heterocycles. The van der Waals surface area contributed by atoms with Crippen molar-refractivity contribution in [1.29, 1.82) is 0 Å². The minimum atomic E-state index is -1.09. The quantitative estimate of drug-likeness (QED) is 0.859. The van der Waals surface area contributed by atoms with E-state index in [1.54, 1.807) is 0 Å². The van der Waals surface area contributed by atoms with Gasteiger partial charge in [-0.3, -0.25) is 4.79 Å². The highest BCUT2D eigenvalue weighted by molar-refractivity contribution is 5.85. The van der Waals surface area contributed by atoms with Crippen molar-refractivity contribution < 1.29 is 19.1 Å². The molecule has 0 spiro atoms. The number of rotatable bonds is 6. The summed E-state index contributed by atoms with van der Waals surface area (Å²) < 4.78 is 12.8. The van der Waals surface area contributed by atoms with Crippen LogP contribution in [-0.4, -0.2) is 23.0 Å². The van der Waals surface area contributed by atoms with Crippen LogP contribution in [0.2, 0.25) is 0 Å². The lowest BCUT2D eigenvalue weighted by atomic mass is 10.1. The third-order valence-electron chi connectivity index (χ3n) is 3.19. The molecule has 5 heteroatoms. The molecule has 0 aliphatic rings. The van der Waals surface area contributed by atoms with Crippen LogP contribution in [0.4, 0.5) is 4.39 Å². The highest BCUT2D eigenvalue weighted by Gasteiger charge is 2.20. The molecule has 0 saturated carbocycles. The average molecular weight is 301 g/mol. The standard InChI is InChI=1S/C17H16FNO3/c18-14-8-6-13(7-9-14)11-16(20)19-15(17(21)22)10-12-4-2-1-3-5-12/h1-9,15H,10-11H2,(H,19,20)(H,21,22)/t15-/m0/s1. The van der Waals surface area contributed by atoms with Gasteiger partial charge in [-0.2, -0.15) is 0 Å². The van der Waals surface area contributed by atoms with Crippen molar-refractivity contribution in [1.82, 2.24) is 5.32 Å². The zero-order valence-electron chi connectivity index (χ0n) is 11.8. The lowest BCUT2D eigenvalue weighted by Crippen LogP contribution is -2.43. The fraction of sp³-hybridized carbons (Fsp3) is 0.176. The molecular weight excluding hydrogens is 285 g/mol. The molecule has 2 N–H and O–H groups in total. The number of hydrogen-bond acceptors (Lipinski definition) is 2. The second kappa shape index (κ2) is 7.36. The predicted molar refractivity (Wildman–Crippen MR) is 79.8 cm³/mol. The molecule has 4 nitrogen and oxygen atoms in total. The topological polar surface area (TPSA) is 66.4 Å². The number of hydrogen-bond donors (Lipinski definition) is 2. The molecule has 0 fully saturated rings. The molecule has 0 unspecified atom stereocenters. The summed E-state index contributed by atoms with van der Waals surface area (Å²) in [6, 6.07) is 13.6. The number of halogens is 1. The van der Waals surface area contributed by atoms with Gasteiger partial charge in [0.1, 0.15) is 11.9 Å². The van der Waals surface area contributed by atoms with Crippen LogP contribution in [0.3, 0.4) is 0 Å². The van der Waals surface area contributed by atoms with Crippen LogP contribution >= 0.6 is 0 Å². The molecule has 114 valence electrons. The molecule has 2 aromatic carbocycles. The Morgan fingerprint density at radius 1 is 1.00 bits per heavy atom. The van der Waals surface area contributed by atoms with Gasteiger partial charge in [-0.1, -0.05) is 42.5 Å². The Labute approximate surface area is 127 Å². The third kappa shape index (κ3) is 4.70. The number of carbonyl (C=O) groups is 2. The van der Waals surface area contributed by atoms with Crippen LogP contribution in [0.25, 0.3) is 0 Å². The Morgan fingerprint density at radius 3 is 2.23 bits per heavy atom. The van der Waals surface area contributed by atoms with E-state index < -0.39 is 17.9 Å². The summed E-state index contributed by atoms with van der Waals surface area (Å²) in [5.74, 6) is -1.87. The number of carbonyl (C=O) groups excluding carboxylic acids is 1. The molecule has 1 amide bonds. The summed E-state index contributed by atoms with van der Waals surface area (Å²) in [5, 5.41) is 11.7. The van der Waals surface area contributed by atoms with Crippen LogP contribution in [0, 0.1) is 5.82 Å². The molecule has 1 atom stereocenters. The molecule has 0 heterocycles. The highest BCUT2D eigenvalue weighted by Crippen LogP contribution is 2.06. The Hall–Kier alpha value is -2.69. The van der Waals surface area contributed by atoms with Crippen LogP contribution in [0.15, 0.2) is 54.6 Å². The van der Waals surface area contributed by atoms with Crippen molar-refractivity contribution in [3.8, 4) is 0 Å². The van der Waals surface area contributed by atoms with Gasteiger partial charge in [-0.25, -0.2) is 9.18 Å². The van der Waals surface area contributed by atoms with Crippen molar-refractivity contribution in [3.63, 3.8) is 0 Å². The maximum Gasteiger partial charge on any atom is 0.326 e. The van der Waals surface area contributed by atoms with Crippen LogP contribution in [0.5, 0.6) is 0 Å². The van der Waals surface area contributed by atoms with Crippen molar-refractivity contribution in [2.75, 3.05) is 0 Å². The number of nitrogens with one attached hydrogen (secondary N) is 1. The van der Waals surface area contributed by atoms with Gasteiger partial charge in [0.05, 0.1) is 6.42 Å². The van der Waals surface area contributed by atoms with Crippen molar-refractivity contribution in [3.05, 3.63) is 71.5 Å². The van der Waals surface area contributed by atoms with Gasteiger partial charge >= 0.3 is 5.97 Å². The molecule has 2 rings (SSSR count). The Bertz CT molecular complexity index is 641. The first-order valence-corrected chi connectivity index (χ1v) is 6.85. The largest absolute Gasteiger partial charge is 0.480 e. The number of carboxylic acid groups (broad SMARTS) is 1. The Morgan fingerprint density at radius 2 is 1.64 bits per heavy atom. The molecule has 0 radical (unpaired) electrons. The first-order chi connectivity index (χ1) is 10.5. The van der Waals surface area contributed by atoms with Crippen molar-refractivity contribution in [2.24, 2.45) is 0 Å². The molecule has 0 bridgehead atoms. The zero-order valence-corrected chi connectivity index (χ0v) is 11.8. The second-order valence-corrected chi connectivity index (χ2v) is 4.95. The van der Waals surface area contributed by atoms with E-state index in [1.165, 1.54) is 24.3 Å². The number of carboxylic acids is 1. The van der Waals surface area contributed by atoms with E-state index in [4.69, 9.17) is 0 Å². The van der Waals surface area contributed by atoms with Crippen LogP contribution in [0.1, 0.15) is 11.1 Å². The summed E-state index contributed by atoms with van der Waals surface area (Å²) in [4.78, 5) is 23.2. The first-order valence-electron chi connectivity index (χ1n) is 6.85. The average Bonchev–Trinajstić information content (AvgIpc) is 2.50. The molecule has 0 aromatic heterocycles. The predicted octanol–water partition coefficient (Wildman–Crippen LogP) is 2.18. The van der Waals surface area contributed by atoms with E-state index in [1.807, 2.05) is 30.3 Å². The smallest absolute Gasteiger partial charge is 0.326 e. The summed E-state index contributed by atoms with van der Waals surface area (Å²) in [6.07, 6.45) is 0.226. The molecule has 2 aromatic rings. The van der Waals surface area contributed by atoms with E-state index in [0.717, 1.165) is 5.56 Å². The van der Waals surface area contributed by atoms with Gasteiger partial charge in [0.15, 0.2) is 0 Å². The van der Waals surface area contributed by atoms with Gasteiger partial charge in [0.2, 0.25) is 5.91 Å². The summed E-state index contributed by atoms with van der Waals surface area (Å²) in [5.41, 5.74) is 1.46. The monoisotopic (exact) mass is 301 g/mol. The first kappa shape index (κ1) is 15.7. The number of aliphatic carboxylic acids is 1. The number of benzene rings is 2. The number of amides is 1. The summed E-state index contributed by atoms with van der Waals surface area (Å²) >= 11 is 0. The Balaban J connectivity index is 1.97. The van der Waals surface area contributed by atoms with Crippen LogP contribution in [-0.2, 0) is 22.4 Å². The van der Waals surface area contributed by atoms with Crippen LogP contribution < -0.4 is 5.32 Å². The van der Waals surface area contributed by atoms with Gasteiger partial charge in [-0.05, 0) is 23.3 Å². The molecule has 0 aliphatic carbocycles. The van der Waals surface area contributed by atoms with E-state index in [0.29, 0.717) is 5.56 Å². The highest BCUT2D eigenvalue weighted by atomic mass is 19.1. The van der Waals surface area contributed by atoms with Gasteiger partial charge in [0.25, 0.3) is 0 Å². The maximum atomic E-state index is 12.8. The molecule has 0 aliphatic heterocycles. The van der Waals surface area contributed by atoms with Crippen molar-refractivity contribution in [2.45, 2.75) is 18.9 Å². The van der Waals surface area contributed by atoms with E-state index >= 15 is 0 Å². The van der Waals surface area contributed by atoms with Gasteiger partial charge in [0, 0.05) is 6.42 Å². The fourth-order valence-electron chi connectivity index (χ4n) is 2.08. The molecular formula is C17H16FNO3. The van der Waals surface area contributed by atoms with E-state index in [2.05, 4.69) is 5.32 Å². The lowest BCUT2D eigenvalue weighted by Gasteiger charge is -2.14. The maximum absolute atomic E-state index is 12.8. The minimum Gasteiger partial charge on any atom is -0.480 e. The summed E-state index contributed by atoms with van der Waals surface area (Å²) in [6.45, 7) is 0. The van der Waals surface area contributed by atoms with Gasteiger partial charge < -0.3 is 10.4 Å². The third-order valence-corrected chi connectivity index (χ3v) is 3.19. The summed E-state index contributed by atoms with van der Waals surface area (Å²) in [7, 11) is 0. The normalized spacial score (nSPS) is 11.7. The molecule has 22 heavy (non-hydrogen) atoms. The lowest BCUT2D eigenvalue weighted by molar-refractivity contribution is -0.141. The van der Waals surface area contributed by atoms with Gasteiger partial charge in [-0.15, -0.1) is 0 Å². The SMILES string of the molecule is O=C(Cc1ccc(F)cc1)N[C@@H](Cc1ccccc1)C(=O)O. The van der Waals surface area contributed by atoms with E-state index in [-0.39, 0.29) is 18.7 Å². The Kier molecular flexibility index (Phi) is 5.25. The van der Waals surface area contributed by atoms with Crippen molar-refractivity contribution >= 4 is 11.9 Å². The fourth-order valence-corrected chi connectivity index (χ4v) is 2.08.